The largest absolute Gasteiger partial charge is 0.0654 e. The lowest BCUT2D eigenvalue weighted by Crippen LogP contribution is -2.17. The van der Waals surface area contributed by atoms with E-state index in [1.807, 2.05) is 0 Å². The molecule has 1 atom stereocenters. The van der Waals surface area contributed by atoms with Crippen LogP contribution in [0.15, 0.2) is 24.3 Å². The molecule has 0 aromatic heterocycles. The van der Waals surface area contributed by atoms with Gasteiger partial charge in [-0.15, -0.1) is 0 Å². The summed E-state index contributed by atoms with van der Waals surface area (Å²) in [5.74, 6) is 4.68. The lowest BCUT2D eigenvalue weighted by Gasteiger charge is -2.32. The Morgan fingerprint density at radius 1 is 0.625 bits per heavy atom. The second kappa shape index (κ2) is 14.5. The highest BCUT2D eigenvalue weighted by Crippen LogP contribution is 2.41. The summed E-state index contributed by atoms with van der Waals surface area (Å²) in [7, 11) is 0. The van der Waals surface area contributed by atoms with Gasteiger partial charge in [0.25, 0.3) is 0 Å². The van der Waals surface area contributed by atoms with Gasteiger partial charge in [0.2, 0.25) is 0 Å². The summed E-state index contributed by atoms with van der Waals surface area (Å²) >= 11 is 0. The Labute approximate surface area is 201 Å². The van der Waals surface area contributed by atoms with E-state index >= 15 is 0 Å². The fourth-order valence-electron chi connectivity index (χ4n) is 6.87. The summed E-state index contributed by atoms with van der Waals surface area (Å²) in [6, 6.07) is 10.0. The Hall–Kier alpha value is -0.780. The van der Waals surface area contributed by atoms with E-state index in [1.165, 1.54) is 116 Å². The van der Waals surface area contributed by atoms with E-state index in [0.29, 0.717) is 0 Å². The molecular weight excluding hydrogens is 384 g/mol. The van der Waals surface area contributed by atoms with Crippen LogP contribution >= 0.6 is 0 Å². The average Bonchev–Trinajstić information content (AvgIpc) is 2.85. The number of unbranched alkanes of at least 4 members (excludes halogenated alkanes) is 4. The highest BCUT2D eigenvalue weighted by atomic mass is 14.3. The molecule has 0 spiro atoms. The summed E-state index contributed by atoms with van der Waals surface area (Å²) in [6.45, 7) is 7.07. The molecule has 0 N–H and O–H groups in total. The van der Waals surface area contributed by atoms with E-state index in [2.05, 4.69) is 45.0 Å². The van der Waals surface area contributed by atoms with E-state index < -0.39 is 0 Å². The van der Waals surface area contributed by atoms with Crippen molar-refractivity contribution in [3.05, 3.63) is 35.4 Å². The minimum atomic E-state index is 0.829. The molecule has 2 saturated carbocycles. The van der Waals surface area contributed by atoms with Gasteiger partial charge < -0.3 is 0 Å². The third-order valence-electron chi connectivity index (χ3n) is 9.25. The molecule has 0 heterocycles. The van der Waals surface area contributed by atoms with Gasteiger partial charge in [-0.1, -0.05) is 103 Å². The standard InChI is InChI=1S/C32H54/c1-4-7-9-10-12-27-13-17-29(18-14-27)31-21-23-32(24-22-31)30-19-15-28(16-20-30)25-26(6-3)11-8-5-2/h21-24,26-30H,4-20,25H2,1-3H3/t26?,27-,28-,29-,30-. The Morgan fingerprint density at radius 3 is 1.66 bits per heavy atom. The highest BCUT2D eigenvalue weighted by Gasteiger charge is 2.25. The minimum absolute atomic E-state index is 0.829. The van der Waals surface area contributed by atoms with Crippen molar-refractivity contribution in [2.45, 2.75) is 148 Å². The summed E-state index contributed by atoms with van der Waals surface area (Å²) < 4.78 is 0. The molecule has 2 aliphatic carbocycles. The normalized spacial score (nSPS) is 27.3. The lowest BCUT2D eigenvalue weighted by molar-refractivity contribution is 0.255. The van der Waals surface area contributed by atoms with Crippen LogP contribution in [-0.2, 0) is 0 Å². The molecule has 0 amide bonds. The molecule has 0 nitrogen and oxygen atoms in total. The van der Waals surface area contributed by atoms with E-state index in [9.17, 15) is 0 Å². The molecule has 0 radical (unpaired) electrons. The number of hydrogen-bond acceptors (Lipinski definition) is 0. The molecule has 1 aromatic rings. The predicted octanol–water partition coefficient (Wildman–Crippen LogP) is 10.8. The Bertz CT molecular complexity index is 583. The first-order valence-corrected chi connectivity index (χ1v) is 14.8. The van der Waals surface area contributed by atoms with Crippen LogP contribution in [-0.4, -0.2) is 0 Å². The molecule has 0 saturated heterocycles. The maximum absolute atomic E-state index is 2.51. The zero-order valence-electron chi connectivity index (χ0n) is 21.9. The van der Waals surface area contributed by atoms with Gasteiger partial charge in [0, 0.05) is 0 Å². The average molecular weight is 439 g/mol. The van der Waals surface area contributed by atoms with Crippen LogP contribution in [0, 0.1) is 17.8 Å². The van der Waals surface area contributed by atoms with Crippen molar-refractivity contribution in [3.63, 3.8) is 0 Å². The van der Waals surface area contributed by atoms with E-state index in [-0.39, 0.29) is 0 Å². The van der Waals surface area contributed by atoms with Crippen molar-refractivity contribution in [2.24, 2.45) is 17.8 Å². The van der Waals surface area contributed by atoms with Crippen LogP contribution in [0.25, 0.3) is 0 Å². The Morgan fingerprint density at radius 2 is 1.16 bits per heavy atom. The summed E-state index contributed by atoms with van der Waals surface area (Å²) in [5, 5.41) is 0. The first-order chi connectivity index (χ1) is 15.7. The summed E-state index contributed by atoms with van der Waals surface area (Å²) in [5.41, 5.74) is 3.27. The van der Waals surface area contributed by atoms with Crippen LogP contribution < -0.4 is 0 Å². The Balaban J connectivity index is 1.39. The van der Waals surface area contributed by atoms with Crippen LogP contribution in [0.2, 0.25) is 0 Å². The van der Waals surface area contributed by atoms with Crippen LogP contribution in [0.4, 0.5) is 0 Å². The van der Waals surface area contributed by atoms with Gasteiger partial charge in [-0.3, -0.25) is 0 Å². The monoisotopic (exact) mass is 438 g/mol. The number of rotatable bonds is 13. The molecule has 0 bridgehead atoms. The molecule has 2 aliphatic rings. The second-order valence-corrected chi connectivity index (χ2v) is 11.6. The van der Waals surface area contributed by atoms with Crippen molar-refractivity contribution >= 4 is 0 Å². The third-order valence-corrected chi connectivity index (χ3v) is 9.25. The maximum atomic E-state index is 2.51. The van der Waals surface area contributed by atoms with Crippen molar-refractivity contribution in [1.29, 1.82) is 0 Å². The van der Waals surface area contributed by atoms with Crippen molar-refractivity contribution in [1.82, 2.24) is 0 Å². The van der Waals surface area contributed by atoms with Crippen LogP contribution in [0.3, 0.4) is 0 Å². The molecule has 1 unspecified atom stereocenters. The quantitative estimate of drug-likeness (QED) is 0.269. The molecule has 182 valence electrons. The molecule has 0 heteroatoms. The van der Waals surface area contributed by atoms with Gasteiger partial charge in [0.15, 0.2) is 0 Å². The Kier molecular flexibility index (Phi) is 11.7. The zero-order valence-corrected chi connectivity index (χ0v) is 21.9. The van der Waals surface area contributed by atoms with E-state index in [4.69, 9.17) is 0 Å². The molecule has 3 rings (SSSR count). The number of hydrogen-bond donors (Lipinski definition) is 0. The van der Waals surface area contributed by atoms with Gasteiger partial charge >= 0.3 is 0 Å². The van der Waals surface area contributed by atoms with Crippen molar-refractivity contribution < 1.29 is 0 Å². The van der Waals surface area contributed by atoms with Gasteiger partial charge in [-0.05, 0) is 98.5 Å². The number of benzene rings is 1. The molecule has 1 aromatic carbocycles. The first-order valence-electron chi connectivity index (χ1n) is 14.8. The van der Waals surface area contributed by atoms with Gasteiger partial charge in [0.1, 0.15) is 0 Å². The highest BCUT2D eigenvalue weighted by molar-refractivity contribution is 5.28. The smallest absolute Gasteiger partial charge is 0.0162 e. The minimum Gasteiger partial charge on any atom is -0.0654 e. The predicted molar refractivity (Wildman–Crippen MR) is 143 cm³/mol. The second-order valence-electron chi connectivity index (χ2n) is 11.6. The van der Waals surface area contributed by atoms with Crippen molar-refractivity contribution in [3.8, 4) is 0 Å². The van der Waals surface area contributed by atoms with E-state index in [0.717, 1.165) is 29.6 Å². The third kappa shape index (κ3) is 8.22. The molecule has 2 fully saturated rings. The molecular formula is C32H54. The van der Waals surface area contributed by atoms with E-state index in [1.54, 1.807) is 11.1 Å². The van der Waals surface area contributed by atoms with Gasteiger partial charge in [-0.2, -0.15) is 0 Å². The maximum Gasteiger partial charge on any atom is -0.0162 e. The lowest BCUT2D eigenvalue weighted by atomic mass is 9.74. The van der Waals surface area contributed by atoms with Crippen LogP contribution in [0.1, 0.15) is 159 Å². The van der Waals surface area contributed by atoms with Crippen molar-refractivity contribution in [2.75, 3.05) is 0 Å². The van der Waals surface area contributed by atoms with Gasteiger partial charge in [-0.25, -0.2) is 0 Å². The van der Waals surface area contributed by atoms with Gasteiger partial charge in [0.05, 0.1) is 0 Å². The summed E-state index contributed by atoms with van der Waals surface area (Å²) in [6.07, 6.45) is 26.0. The molecule has 32 heavy (non-hydrogen) atoms. The molecule has 0 aliphatic heterocycles. The fraction of sp³-hybridized carbons (Fsp3) is 0.812. The van der Waals surface area contributed by atoms with Crippen LogP contribution in [0.5, 0.6) is 0 Å². The first kappa shape index (κ1) is 25.8. The summed E-state index contributed by atoms with van der Waals surface area (Å²) in [4.78, 5) is 0. The SMILES string of the molecule is CCCCCC[C@H]1CC[C@H](c2ccc([C@H]3CC[C@H](CC(CC)CCCC)CC3)cc2)CC1. The fourth-order valence-corrected chi connectivity index (χ4v) is 6.87. The topological polar surface area (TPSA) is 0 Å². The zero-order chi connectivity index (χ0) is 22.6.